The fourth-order valence-corrected chi connectivity index (χ4v) is 4.44. The summed E-state index contributed by atoms with van der Waals surface area (Å²) in [6.45, 7) is 6.61. The van der Waals surface area contributed by atoms with Crippen molar-refractivity contribution in [2.45, 2.75) is 70.5 Å². The summed E-state index contributed by atoms with van der Waals surface area (Å²) in [7, 11) is 0. The zero-order valence-corrected chi connectivity index (χ0v) is 20.7. The lowest BCUT2D eigenvalue weighted by atomic mass is 10.00. The molecular weight excluding hydrogens is 473 g/mol. The number of hydrogen-bond acceptors (Lipinski definition) is 4. The zero-order valence-electron chi connectivity index (χ0n) is 20.7. The van der Waals surface area contributed by atoms with E-state index in [1.807, 2.05) is 25.7 Å². The average molecular weight is 505 g/mol. The van der Waals surface area contributed by atoms with Gasteiger partial charge in [-0.15, -0.1) is 13.2 Å². The number of nitrogens with zero attached hydrogens (tertiary/aromatic N) is 2. The predicted octanol–water partition coefficient (Wildman–Crippen LogP) is 6.26. The Labute approximate surface area is 209 Å². The summed E-state index contributed by atoms with van der Waals surface area (Å²) in [6, 6.07) is 13.0. The van der Waals surface area contributed by atoms with Crippen LogP contribution in [-0.4, -0.2) is 58.9 Å². The van der Waals surface area contributed by atoms with Crippen LogP contribution in [0.2, 0.25) is 0 Å². The smallest absolute Gasteiger partial charge is 0.444 e. The molecule has 0 radical (unpaired) electrons. The second-order valence-corrected chi connectivity index (χ2v) is 10.3. The third-order valence-corrected chi connectivity index (χ3v) is 6.24. The van der Waals surface area contributed by atoms with Crippen molar-refractivity contribution in [3.05, 3.63) is 54.1 Å². The number of carbonyl (C=O) groups is 2. The molecule has 1 aliphatic carbocycles. The highest BCUT2D eigenvalue weighted by molar-refractivity contribution is 5.95. The maximum atomic E-state index is 13.5. The molecule has 6 nitrogen and oxygen atoms in total. The number of amides is 2. The van der Waals surface area contributed by atoms with Crippen LogP contribution in [0.1, 0.15) is 56.8 Å². The Hall–Kier alpha value is -3.23. The topological polar surface area (TPSA) is 59.1 Å². The minimum atomic E-state index is -4.73. The van der Waals surface area contributed by atoms with Crippen molar-refractivity contribution in [3.63, 3.8) is 0 Å². The molecule has 36 heavy (non-hydrogen) atoms. The van der Waals surface area contributed by atoms with E-state index >= 15 is 0 Å². The lowest BCUT2D eigenvalue weighted by Gasteiger charge is -2.39. The summed E-state index contributed by atoms with van der Waals surface area (Å²) in [5.74, 6) is -0.315. The molecule has 2 amide bonds. The van der Waals surface area contributed by atoms with Crippen molar-refractivity contribution in [1.82, 2.24) is 9.80 Å². The molecule has 1 aliphatic heterocycles. The van der Waals surface area contributed by atoms with Crippen LogP contribution in [-0.2, 0) is 4.74 Å². The Morgan fingerprint density at radius 3 is 1.81 bits per heavy atom. The lowest BCUT2D eigenvalue weighted by molar-refractivity contribution is -0.274. The Balaban J connectivity index is 1.40. The fraction of sp³-hybridized carbons (Fsp3) is 0.481. The number of ether oxygens (including phenoxy) is 2. The molecule has 1 saturated carbocycles. The second kappa shape index (κ2) is 10.0. The van der Waals surface area contributed by atoms with Gasteiger partial charge in [0.2, 0.25) is 0 Å². The highest BCUT2D eigenvalue weighted by Crippen LogP contribution is 2.34. The first-order chi connectivity index (χ1) is 16.9. The second-order valence-electron chi connectivity index (χ2n) is 10.3. The Kier molecular flexibility index (Phi) is 7.20. The van der Waals surface area contributed by atoms with Crippen LogP contribution in [0.25, 0.3) is 11.1 Å². The Bertz CT molecular complexity index is 1070. The van der Waals surface area contributed by atoms with Crippen molar-refractivity contribution < 1.29 is 32.2 Å². The van der Waals surface area contributed by atoms with Gasteiger partial charge in [0, 0.05) is 30.7 Å². The van der Waals surface area contributed by atoms with Gasteiger partial charge in [-0.3, -0.25) is 4.79 Å². The number of hydrogen-bond donors (Lipinski definition) is 0. The molecule has 194 valence electrons. The van der Waals surface area contributed by atoms with Gasteiger partial charge >= 0.3 is 12.5 Å². The van der Waals surface area contributed by atoms with E-state index in [0.29, 0.717) is 31.5 Å². The van der Waals surface area contributed by atoms with Crippen molar-refractivity contribution >= 4 is 12.0 Å². The molecule has 2 fully saturated rings. The van der Waals surface area contributed by atoms with Crippen LogP contribution in [0.5, 0.6) is 5.75 Å². The molecule has 2 aliphatic rings. The molecule has 0 unspecified atom stereocenters. The van der Waals surface area contributed by atoms with E-state index in [0.717, 1.165) is 24.0 Å². The van der Waals surface area contributed by atoms with E-state index in [1.54, 1.807) is 41.3 Å². The van der Waals surface area contributed by atoms with Crippen molar-refractivity contribution in [2.75, 3.05) is 13.1 Å². The van der Waals surface area contributed by atoms with Crippen LogP contribution in [0.4, 0.5) is 18.0 Å². The van der Waals surface area contributed by atoms with E-state index in [1.165, 1.54) is 12.1 Å². The molecule has 2 aromatic carbocycles. The van der Waals surface area contributed by atoms with E-state index < -0.39 is 12.0 Å². The number of piperidine rings is 1. The first-order valence-corrected chi connectivity index (χ1v) is 12.2. The first kappa shape index (κ1) is 25.9. The summed E-state index contributed by atoms with van der Waals surface area (Å²) in [4.78, 5) is 29.5. The molecule has 1 heterocycles. The van der Waals surface area contributed by atoms with Gasteiger partial charge in [-0.1, -0.05) is 24.3 Å². The Morgan fingerprint density at radius 2 is 1.33 bits per heavy atom. The number of halogens is 3. The zero-order chi connectivity index (χ0) is 26.1. The van der Waals surface area contributed by atoms with Crippen molar-refractivity contribution in [2.24, 2.45) is 0 Å². The summed E-state index contributed by atoms with van der Waals surface area (Å²) in [5.41, 5.74) is 1.53. The maximum absolute atomic E-state index is 13.5. The quantitative estimate of drug-likeness (QED) is 0.483. The number of carbonyl (C=O) groups excluding carboxylic acids is 2. The third kappa shape index (κ3) is 6.71. The van der Waals surface area contributed by atoms with E-state index in [2.05, 4.69) is 4.74 Å². The molecule has 0 atom stereocenters. The van der Waals surface area contributed by atoms with Gasteiger partial charge in [0.05, 0.1) is 0 Å². The molecule has 0 bridgehead atoms. The normalized spacial score (nSPS) is 17.0. The van der Waals surface area contributed by atoms with Crippen molar-refractivity contribution in [1.29, 1.82) is 0 Å². The summed E-state index contributed by atoms with van der Waals surface area (Å²) >= 11 is 0. The number of rotatable bonds is 5. The van der Waals surface area contributed by atoms with Gasteiger partial charge in [0.25, 0.3) is 5.91 Å². The van der Waals surface area contributed by atoms with Gasteiger partial charge < -0.3 is 19.3 Å². The predicted molar refractivity (Wildman–Crippen MR) is 129 cm³/mol. The maximum Gasteiger partial charge on any atom is 0.573 e. The molecule has 0 N–H and O–H groups in total. The fourth-order valence-electron chi connectivity index (χ4n) is 4.44. The highest BCUT2D eigenvalue weighted by Gasteiger charge is 2.40. The molecule has 4 rings (SSSR count). The molecular formula is C27H31F3N2O4. The van der Waals surface area contributed by atoms with E-state index in [4.69, 9.17) is 4.74 Å². The average Bonchev–Trinajstić information content (AvgIpc) is 3.63. The van der Waals surface area contributed by atoms with Gasteiger partial charge in [-0.05, 0) is 81.8 Å². The molecule has 2 aromatic rings. The number of likely N-dealkylation sites (tertiary alicyclic amines) is 1. The molecule has 0 aromatic heterocycles. The monoisotopic (exact) mass is 504 g/mol. The van der Waals surface area contributed by atoms with Crippen LogP contribution in [0.3, 0.4) is 0 Å². The standard InChI is InChI=1S/C27H31F3N2O4/c1-26(2,3)36-25(34)31-16-14-22(15-17-31)32(21-10-11-21)24(33)20-6-4-18(5-7-20)19-8-12-23(13-9-19)35-27(28,29)30/h4-9,12-13,21-22H,10-11,14-17H2,1-3H3. The number of alkyl halides is 3. The minimum absolute atomic E-state index is 0.0336. The van der Waals surface area contributed by atoms with Gasteiger partial charge in [-0.2, -0.15) is 0 Å². The van der Waals surface area contributed by atoms with Crippen molar-refractivity contribution in [3.8, 4) is 16.9 Å². The minimum Gasteiger partial charge on any atom is -0.444 e. The van der Waals surface area contributed by atoms with Gasteiger partial charge in [0.15, 0.2) is 0 Å². The Morgan fingerprint density at radius 1 is 0.833 bits per heavy atom. The summed E-state index contributed by atoms with van der Waals surface area (Å²) in [6.07, 6.45) is -1.70. The van der Waals surface area contributed by atoms with Crippen LogP contribution in [0, 0.1) is 0 Å². The molecule has 0 spiro atoms. The number of benzene rings is 2. The SMILES string of the molecule is CC(C)(C)OC(=O)N1CCC(N(C(=O)c2ccc(-c3ccc(OC(F)(F)F)cc3)cc2)C2CC2)CC1. The highest BCUT2D eigenvalue weighted by atomic mass is 19.4. The molecule has 9 heteroatoms. The summed E-state index contributed by atoms with van der Waals surface area (Å²) < 4.78 is 46.5. The largest absolute Gasteiger partial charge is 0.573 e. The third-order valence-electron chi connectivity index (χ3n) is 6.24. The summed E-state index contributed by atoms with van der Waals surface area (Å²) in [5, 5.41) is 0. The molecule has 1 saturated heterocycles. The van der Waals surface area contributed by atoms with E-state index in [9.17, 15) is 22.8 Å². The van der Waals surface area contributed by atoms with Crippen LogP contribution >= 0.6 is 0 Å². The van der Waals surface area contributed by atoms with Crippen LogP contribution < -0.4 is 4.74 Å². The van der Waals surface area contributed by atoms with E-state index in [-0.39, 0.29) is 29.8 Å². The van der Waals surface area contributed by atoms with Gasteiger partial charge in [0.1, 0.15) is 11.4 Å². The first-order valence-electron chi connectivity index (χ1n) is 12.2. The van der Waals surface area contributed by atoms with Gasteiger partial charge in [-0.25, -0.2) is 4.79 Å². The van der Waals surface area contributed by atoms with Crippen LogP contribution in [0.15, 0.2) is 48.5 Å². The lowest BCUT2D eigenvalue weighted by Crippen LogP contribution is -2.50.